The maximum atomic E-state index is 11.7. The number of anilines is 1. The first-order chi connectivity index (χ1) is 28.5. The molecule has 0 spiro atoms. The van der Waals surface area contributed by atoms with E-state index >= 15 is 0 Å². The van der Waals surface area contributed by atoms with Crippen LogP contribution in [0.15, 0.2) is 109 Å². The lowest BCUT2D eigenvalue weighted by molar-refractivity contribution is -0.438. The molecule has 2 aliphatic heterocycles. The fourth-order valence-electron chi connectivity index (χ4n) is 10.7. The lowest BCUT2D eigenvalue weighted by Crippen LogP contribution is -2.60. The fourth-order valence-corrected chi connectivity index (χ4v) is 11.8. The van der Waals surface area contributed by atoms with Crippen LogP contribution in [-0.4, -0.2) is 66.4 Å². The van der Waals surface area contributed by atoms with E-state index in [2.05, 4.69) is 160 Å². The highest BCUT2D eigenvalue weighted by molar-refractivity contribution is 7.86. The average molecular weight is 854 g/mol. The first-order valence-electron chi connectivity index (χ1n) is 21.9. The van der Waals surface area contributed by atoms with Gasteiger partial charge in [0.05, 0.1) is 22.5 Å². The Balaban J connectivity index is 1.34. The van der Waals surface area contributed by atoms with Gasteiger partial charge in [-0.25, -0.2) is 0 Å². The monoisotopic (exact) mass is 853 g/mol. The molecule has 2 unspecified atom stereocenters. The molecule has 2 atom stereocenters. The molecule has 0 aliphatic carbocycles. The van der Waals surface area contributed by atoms with Gasteiger partial charge in [-0.1, -0.05) is 132 Å². The van der Waals surface area contributed by atoms with Crippen LogP contribution in [0.25, 0.3) is 21.5 Å². The summed E-state index contributed by atoms with van der Waals surface area (Å²) in [7, 11) is -8.06. The van der Waals surface area contributed by atoms with E-state index in [1.54, 1.807) is 0 Å². The molecule has 2 heterocycles. The molecular formula is C50H65N2O6S2+. The predicted molar refractivity (Wildman–Crippen MR) is 250 cm³/mol. The summed E-state index contributed by atoms with van der Waals surface area (Å²) in [5, 5.41) is 4.87. The Kier molecular flexibility index (Phi) is 14.0. The SMILES string of the molecule is CCCCCC1(C(/C=C/C=C/C=C/C2=[N+](CCCCS(=O)(=O)O)c3ccc4ccccc4c3C2(C)C)CC)N(CCCCS(=O)(=O)O)c2ccc3ccccc3c2C1(C)C. The van der Waals surface area contributed by atoms with Crippen LogP contribution < -0.4 is 4.90 Å². The summed E-state index contributed by atoms with van der Waals surface area (Å²) in [4.78, 5) is 2.61. The highest BCUT2D eigenvalue weighted by Gasteiger charge is 2.59. The van der Waals surface area contributed by atoms with Gasteiger partial charge in [0.25, 0.3) is 20.2 Å². The van der Waals surface area contributed by atoms with Crippen LogP contribution in [0.3, 0.4) is 0 Å². The molecule has 10 heteroatoms. The van der Waals surface area contributed by atoms with Gasteiger partial charge in [-0.05, 0) is 85.2 Å². The lowest BCUT2D eigenvalue weighted by Gasteiger charge is -2.53. The van der Waals surface area contributed by atoms with Gasteiger partial charge in [0.2, 0.25) is 5.69 Å². The molecule has 0 bridgehead atoms. The summed E-state index contributed by atoms with van der Waals surface area (Å²) < 4.78 is 67.7. The molecule has 0 saturated carbocycles. The molecule has 0 fully saturated rings. The van der Waals surface area contributed by atoms with Gasteiger partial charge in [0.15, 0.2) is 5.71 Å². The van der Waals surface area contributed by atoms with Crippen molar-refractivity contribution in [2.24, 2.45) is 5.92 Å². The first-order valence-corrected chi connectivity index (χ1v) is 25.1. The summed E-state index contributed by atoms with van der Waals surface area (Å²) >= 11 is 0. The molecule has 6 rings (SSSR count). The maximum absolute atomic E-state index is 11.7. The standard InChI is InChI=1S/C50H64N2O6S2/c1-7-9-18-33-50(49(5,6)47-42-27-17-15-24-39(42)30-32-44(47)52(50)35-20-22-37-60(56,57)58)40(8-2)25-12-10-11-13-28-45-48(3,4)46-41-26-16-14-23-38(41)29-31-43(46)51(45)34-19-21-36-59(53,54)55/h10-17,23-32,40H,7-9,18-22,33-37H2,1-6H3,(H-,53,54,55,56,57,58)/p+1/b11-10+,25-12+,28-13+. The Morgan fingerprint density at radius 1 is 0.683 bits per heavy atom. The van der Waals surface area contributed by atoms with Crippen LogP contribution in [0.4, 0.5) is 11.4 Å². The highest BCUT2D eigenvalue weighted by Crippen LogP contribution is 2.60. The predicted octanol–water partition coefficient (Wildman–Crippen LogP) is 11.5. The Bertz CT molecular complexity index is 2530. The zero-order valence-electron chi connectivity index (χ0n) is 36.4. The molecule has 2 N–H and O–H groups in total. The van der Waals surface area contributed by atoms with Crippen molar-refractivity contribution in [1.82, 2.24) is 0 Å². The number of benzene rings is 4. The first kappa shape index (κ1) is 45.4. The number of hydrogen-bond acceptors (Lipinski definition) is 5. The normalized spacial score (nSPS) is 19.4. The van der Waals surface area contributed by atoms with Crippen LogP contribution in [0.1, 0.15) is 110 Å². The summed E-state index contributed by atoms with van der Waals surface area (Å²) in [6, 6.07) is 25.9. The quantitative estimate of drug-likeness (QED) is 0.0394. The van der Waals surface area contributed by atoms with Crippen molar-refractivity contribution >= 4 is 58.9 Å². The molecule has 0 aromatic heterocycles. The van der Waals surface area contributed by atoms with Crippen molar-refractivity contribution in [2.75, 3.05) is 29.5 Å². The number of nitrogens with zero attached hydrogens (tertiary/aromatic N) is 2. The third kappa shape index (κ3) is 9.22. The second-order valence-corrected chi connectivity index (χ2v) is 21.0. The average Bonchev–Trinajstić information content (AvgIpc) is 3.53. The van der Waals surface area contributed by atoms with E-state index in [9.17, 15) is 25.9 Å². The molecule has 8 nitrogen and oxygen atoms in total. The van der Waals surface area contributed by atoms with Crippen LogP contribution in [0.2, 0.25) is 0 Å². The van der Waals surface area contributed by atoms with E-state index in [-0.39, 0.29) is 33.8 Å². The number of rotatable bonds is 20. The fraction of sp³-hybridized carbons (Fsp3) is 0.460. The van der Waals surface area contributed by atoms with Crippen molar-refractivity contribution in [3.05, 3.63) is 120 Å². The van der Waals surface area contributed by atoms with Crippen molar-refractivity contribution in [3.8, 4) is 0 Å². The largest absolute Gasteiger partial charge is 0.364 e. The van der Waals surface area contributed by atoms with E-state index < -0.39 is 20.2 Å². The number of unbranched alkanes of at least 4 members (excludes halogenated alkanes) is 4. The Hall–Kier alpha value is -4.09. The van der Waals surface area contributed by atoms with E-state index in [1.807, 2.05) is 0 Å². The van der Waals surface area contributed by atoms with E-state index in [0.717, 1.165) is 43.5 Å². The van der Waals surface area contributed by atoms with Gasteiger partial charge in [-0.3, -0.25) is 9.11 Å². The minimum atomic E-state index is -4.04. The van der Waals surface area contributed by atoms with Crippen LogP contribution in [0.5, 0.6) is 0 Å². The lowest BCUT2D eigenvalue weighted by atomic mass is 9.60. The number of allylic oxidation sites excluding steroid dienone is 5. The van der Waals surface area contributed by atoms with Gasteiger partial charge in [-0.15, -0.1) is 0 Å². The minimum absolute atomic E-state index is 0.176. The van der Waals surface area contributed by atoms with Gasteiger partial charge in [0.1, 0.15) is 6.54 Å². The van der Waals surface area contributed by atoms with Gasteiger partial charge in [-0.2, -0.15) is 21.4 Å². The Morgan fingerprint density at radius 2 is 1.28 bits per heavy atom. The molecule has 2 aliphatic rings. The van der Waals surface area contributed by atoms with E-state index in [0.29, 0.717) is 38.8 Å². The summed E-state index contributed by atoms with van der Waals surface area (Å²) in [6.07, 6.45) is 20.3. The third-order valence-electron chi connectivity index (χ3n) is 13.4. The topological polar surface area (TPSA) is 115 Å². The maximum Gasteiger partial charge on any atom is 0.264 e. The minimum Gasteiger partial charge on any atom is -0.364 e. The number of fused-ring (bicyclic) bond motifs is 6. The number of hydrogen-bond donors (Lipinski definition) is 2. The highest BCUT2D eigenvalue weighted by atomic mass is 32.2. The smallest absolute Gasteiger partial charge is 0.264 e. The zero-order chi connectivity index (χ0) is 43.3. The van der Waals surface area contributed by atoms with Crippen molar-refractivity contribution in [1.29, 1.82) is 0 Å². The van der Waals surface area contributed by atoms with Crippen LogP contribution in [-0.2, 0) is 31.1 Å². The second kappa shape index (κ2) is 18.5. The van der Waals surface area contributed by atoms with E-state index in [4.69, 9.17) is 0 Å². The van der Waals surface area contributed by atoms with Crippen molar-refractivity contribution < 1.29 is 30.5 Å². The van der Waals surface area contributed by atoms with Crippen molar-refractivity contribution in [2.45, 2.75) is 116 Å². The molecule has 4 aromatic carbocycles. The molecular weight excluding hydrogens is 789 g/mol. The van der Waals surface area contributed by atoms with Gasteiger partial charge >= 0.3 is 0 Å². The second-order valence-electron chi connectivity index (χ2n) is 17.8. The summed E-state index contributed by atoms with van der Waals surface area (Å²) in [6.45, 7) is 15.2. The molecule has 60 heavy (non-hydrogen) atoms. The molecule has 322 valence electrons. The zero-order valence-corrected chi connectivity index (χ0v) is 38.0. The summed E-state index contributed by atoms with van der Waals surface area (Å²) in [5.41, 5.74) is 5.26. The van der Waals surface area contributed by atoms with Crippen LogP contribution in [0, 0.1) is 5.92 Å². The molecule has 0 saturated heterocycles. The van der Waals surface area contributed by atoms with Crippen molar-refractivity contribution in [3.63, 3.8) is 0 Å². The Labute approximate surface area is 359 Å². The Morgan fingerprint density at radius 3 is 1.92 bits per heavy atom. The van der Waals surface area contributed by atoms with Gasteiger partial charge in [0, 0.05) is 47.7 Å². The molecule has 4 aromatic rings. The third-order valence-corrected chi connectivity index (χ3v) is 15.0. The van der Waals surface area contributed by atoms with Gasteiger partial charge < -0.3 is 4.90 Å². The van der Waals surface area contributed by atoms with Crippen LogP contribution >= 0.6 is 0 Å². The molecule has 0 amide bonds. The molecule has 0 radical (unpaired) electrons. The summed E-state index contributed by atoms with van der Waals surface area (Å²) in [5.74, 6) is -0.313. The van der Waals surface area contributed by atoms with E-state index in [1.165, 1.54) is 38.4 Å².